The molecular weight excluding hydrogens is 232 g/mol. The van der Waals surface area contributed by atoms with Gasteiger partial charge in [-0.05, 0) is 43.0 Å². The van der Waals surface area contributed by atoms with Gasteiger partial charge in [0.2, 0.25) is 0 Å². The number of H-pyrrole nitrogens is 1. The molecule has 0 unspecified atom stereocenters. The van der Waals surface area contributed by atoms with E-state index in [9.17, 15) is 0 Å². The smallest absolute Gasteiger partial charge is 0.117 e. The minimum Gasteiger partial charge on any atom is -0.341 e. The number of benzene rings is 2. The normalized spacial score (nSPS) is 16.7. The van der Waals surface area contributed by atoms with E-state index in [4.69, 9.17) is 4.98 Å². The molecule has 3 aromatic rings. The summed E-state index contributed by atoms with van der Waals surface area (Å²) in [6.07, 6.45) is 2.38. The second kappa shape index (κ2) is 3.70. The number of nitrogens with zero attached hydrogens (tertiary/aromatic N) is 1. The van der Waals surface area contributed by atoms with Crippen LogP contribution in [0.1, 0.15) is 29.8 Å². The van der Waals surface area contributed by atoms with E-state index in [1.165, 1.54) is 24.0 Å². The molecule has 94 valence electrons. The van der Waals surface area contributed by atoms with Gasteiger partial charge in [0, 0.05) is 0 Å². The zero-order valence-electron chi connectivity index (χ0n) is 11.0. The average Bonchev–Trinajstić information content (AvgIpc) is 3.14. The van der Waals surface area contributed by atoms with Crippen molar-refractivity contribution in [3.63, 3.8) is 0 Å². The first-order chi connectivity index (χ1) is 9.28. The van der Waals surface area contributed by atoms with Crippen LogP contribution in [0.2, 0.25) is 0 Å². The van der Waals surface area contributed by atoms with Gasteiger partial charge in [0.05, 0.1) is 16.4 Å². The molecule has 1 heterocycles. The SMILES string of the molecule is Cc1ccc2nc(C3(c4ccccc4)CC3)[nH]c2c1. The fourth-order valence-electron chi connectivity index (χ4n) is 2.89. The van der Waals surface area contributed by atoms with Crippen LogP contribution in [0.15, 0.2) is 48.5 Å². The molecule has 0 bridgehead atoms. The predicted molar refractivity (Wildman–Crippen MR) is 77.3 cm³/mol. The van der Waals surface area contributed by atoms with Crippen LogP contribution in [0.25, 0.3) is 11.0 Å². The molecule has 0 amide bonds. The molecule has 1 N–H and O–H groups in total. The maximum absolute atomic E-state index is 4.81. The molecule has 0 saturated heterocycles. The number of aromatic nitrogens is 2. The monoisotopic (exact) mass is 248 g/mol. The third kappa shape index (κ3) is 1.60. The second-order valence-electron chi connectivity index (χ2n) is 5.55. The van der Waals surface area contributed by atoms with Crippen LogP contribution >= 0.6 is 0 Å². The number of aromatic amines is 1. The molecule has 1 aliphatic carbocycles. The Balaban J connectivity index is 1.86. The number of nitrogens with one attached hydrogen (secondary N) is 1. The molecule has 0 atom stereocenters. The number of fused-ring (bicyclic) bond motifs is 1. The maximum atomic E-state index is 4.81. The predicted octanol–water partition coefficient (Wildman–Crippen LogP) is 3.95. The summed E-state index contributed by atoms with van der Waals surface area (Å²) >= 11 is 0. The van der Waals surface area contributed by atoms with Crippen molar-refractivity contribution in [2.45, 2.75) is 25.2 Å². The molecule has 4 rings (SSSR count). The third-order valence-corrected chi connectivity index (χ3v) is 4.17. The molecule has 1 aromatic heterocycles. The fraction of sp³-hybridized carbons (Fsp3) is 0.235. The van der Waals surface area contributed by atoms with E-state index in [2.05, 4.69) is 60.4 Å². The summed E-state index contributed by atoms with van der Waals surface area (Å²) in [6.45, 7) is 2.12. The van der Waals surface area contributed by atoms with Crippen molar-refractivity contribution in [3.8, 4) is 0 Å². The topological polar surface area (TPSA) is 28.7 Å². The number of rotatable bonds is 2. The highest BCUT2D eigenvalue weighted by Gasteiger charge is 2.48. The summed E-state index contributed by atoms with van der Waals surface area (Å²) in [5, 5.41) is 0. The molecule has 1 saturated carbocycles. The Morgan fingerprint density at radius 2 is 1.84 bits per heavy atom. The standard InChI is InChI=1S/C17H16N2/c1-12-7-8-14-15(11-12)19-16(18-14)17(9-10-17)13-5-3-2-4-6-13/h2-8,11H,9-10H2,1H3,(H,18,19). The Kier molecular flexibility index (Phi) is 2.10. The van der Waals surface area contributed by atoms with E-state index in [1.807, 2.05) is 0 Å². The van der Waals surface area contributed by atoms with E-state index in [0.717, 1.165) is 16.9 Å². The van der Waals surface area contributed by atoms with E-state index in [1.54, 1.807) is 0 Å². The molecular formula is C17H16N2. The van der Waals surface area contributed by atoms with E-state index in [-0.39, 0.29) is 5.41 Å². The summed E-state index contributed by atoms with van der Waals surface area (Å²) in [7, 11) is 0. The van der Waals surface area contributed by atoms with Crippen molar-refractivity contribution < 1.29 is 0 Å². The lowest BCUT2D eigenvalue weighted by Gasteiger charge is -2.12. The van der Waals surface area contributed by atoms with Crippen LogP contribution in [0.3, 0.4) is 0 Å². The zero-order valence-corrected chi connectivity index (χ0v) is 11.0. The van der Waals surface area contributed by atoms with Gasteiger partial charge in [0.25, 0.3) is 0 Å². The van der Waals surface area contributed by atoms with Crippen molar-refractivity contribution >= 4 is 11.0 Å². The number of aryl methyl sites for hydroxylation is 1. The first kappa shape index (κ1) is 10.8. The van der Waals surface area contributed by atoms with Gasteiger partial charge in [0.1, 0.15) is 5.82 Å². The molecule has 2 heteroatoms. The summed E-state index contributed by atoms with van der Waals surface area (Å²) in [4.78, 5) is 8.34. The van der Waals surface area contributed by atoms with Gasteiger partial charge in [-0.2, -0.15) is 0 Å². The van der Waals surface area contributed by atoms with Crippen LogP contribution in [-0.4, -0.2) is 9.97 Å². The second-order valence-corrected chi connectivity index (χ2v) is 5.55. The molecule has 2 aromatic carbocycles. The van der Waals surface area contributed by atoms with Crippen LogP contribution < -0.4 is 0 Å². The quantitative estimate of drug-likeness (QED) is 0.731. The molecule has 1 aliphatic rings. The van der Waals surface area contributed by atoms with Gasteiger partial charge >= 0.3 is 0 Å². The number of imidazole rings is 1. The van der Waals surface area contributed by atoms with Gasteiger partial charge in [-0.1, -0.05) is 36.4 Å². The van der Waals surface area contributed by atoms with E-state index in [0.29, 0.717) is 0 Å². The Bertz CT molecular complexity index is 736. The largest absolute Gasteiger partial charge is 0.341 e. The van der Waals surface area contributed by atoms with Gasteiger partial charge in [0.15, 0.2) is 0 Å². The summed E-state index contributed by atoms with van der Waals surface area (Å²) in [5.74, 6) is 1.12. The molecule has 2 nitrogen and oxygen atoms in total. The lowest BCUT2D eigenvalue weighted by Crippen LogP contribution is -2.10. The average molecular weight is 248 g/mol. The highest BCUT2D eigenvalue weighted by atomic mass is 15.0. The summed E-state index contributed by atoms with van der Waals surface area (Å²) in [5.41, 5.74) is 5.01. The minimum atomic E-state index is 0.133. The van der Waals surface area contributed by atoms with Crippen molar-refractivity contribution in [2.75, 3.05) is 0 Å². The van der Waals surface area contributed by atoms with Crippen molar-refractivity contribution in [2.24, 2.45) is 0 Å². The van der Waals surface area contributed by atoms with Gasteiger partial charge in [-0.15, -0.1) is 0 Å². The van der Waals surface area contributed by atoms with Gasteiger partial charge in [-0.25, -0.2) is 4.98 Å². The lowest BCUT2D eigenvalue weighted by molar-refractivity contribution is 0.779. The Morgan fingerprint density at radius 1 is 1.05 bits per heavy atom. The third-order valence-electron chi connectivity index (χ3n) is 4.17. The summed E-state index contributed by atoms with van der Waals surface area (Å²) < 4.78 is 0. The molecule has 1 fully saturated rings. The van der Waals surface area contributed by atoms with E-state index >= 15 is 0 Å². The molecule has 0 aliphatic heterocycles. The van der Waals surface area contributed by atoms with E-state index < -0.39 is 0 Å². The van der Waals surface area contributed by atoms with Crippen molar-refractivity contribution in [1.82, 2.24) is 9.97 Å². The first-order valence-corrected chi connectivity index (χ1v) is 6.80. The molecule has 19 heavy (non-hydrogen) atoms. The highest BCUT2D eigenvalue weighted by Crippen LogP contribution is 2.52. The lowest BCUT2D eigenvalue weighted by atomic mass is 9.95. The Labute approximate surface area is 112 Å². The zero-order chi connectivity index (χ0) is 12.9. The Morgan fingerprint density at radius 3 is 2.58 bits per heavy atom. The van der Waals surface area contributed by atoms with Crippen LogP contribution in [0.5, 0.6) is 0 Å². The fourth-order valence-corrected chi connectivity index (χ4v) is 2.89. The number of hydrogen-bond acceptors (Lipinski definition) is 1. The first-order valence-electron chi connectivity index (χ1n) is 6.80. The number of hydrogen-bond donors (Lipinski definition) is 1. The van der Waals surface area contributed by atoms with Crippen LogP contribution in [0.4, 0.5) is 0 Å². The maximum Gasteiger partial charge on any atom is 0.117 e. The van der Waals surface area contributed by atoms with Gasteiger partial charge in [-0.3, -0.25) is 0 Å². The molecule has 0 radical (unpaired) electrons. The molecule has 0 spiro atoms. The minimum absolute atomic E-state index is 0.133. The van der Waals surface area contributed by atoms with Gasteiger partial charge < -0.3 is 4.98 Å². The van der Waals surface area contributed by atoms with Crippen molar-refractivity contribution in [1.29, 1.82) is 0 Å². The Hall–Kier alpha value is -2.09. The van der Waals surface area contributed by atoms with Crippen molar-refractivity contribution in [3.05, 3.63) is 65.5 Å². The highest BCUT2D eigenvalue weighted by molar-refractivity contribution is 5.76. The summed E-state index contributed by atoms with van der Waals surface area (Å²) in [6, 6.07) is 17.1. The van der Waals surface area contributed by atoms with Crippen LogP contribution in [-0.2, 0) is 5.41 Å². The van der Waals surface area contributed by atoms with Crippen LogP contribution in [0, 0.1) is 6.92 Å².